The van der Waals surface area contributed by atoms with Crippen molar-refractivity contribution in [3.8, 4) is 11.4 Å². The molecule has 1 unspecified atom stereocenters. The van der Waals surface area contributed by atoms with Crippen LogP contribution in [-0.2, 0) is 4.79 Å². The summed E-state index contributed by atoms with van der Waals surface area (Å²) in [5, 5.41) is -0.198. The summed E-state index contributed by atoms with van der Waals surface area (Å²) >= 11 is 1.55. The molecule has 0 aliphatic carbocycles. The second-order valence-corrected chi connectivity index (χ2v) is 8.17. The molecule has 3 aromatic carbocycles. The number of aromatic amines is 1. The van der Waals surface area contributed by atoms with Gasteiger partial charge in [-0.3, -0.25) is 9.69 Å². The topological polar surface area (TPSA) is 49.0 Å². The van der Waals surface area contributed by atoms with Gasteiger partial charge in [-0.15, -0.1) is 11.8 Å². The third-order valence-electron chi connectivity index (χ3n) is 5.08. The zero-order valence-corrected chi connectivity index (χ0v) is 16.5. The average molecular weight is 403 g/mol. The first-order valence-corrected chi connectivity index (χ1v) is 10.4. The second-order valence-electron chi connectivity index (χ2n) is 7.10. The molecule has 0 bridgehead atoms. The van der Waals surface area contributed by atoms with E-state index in [1.807, 2.05) is 43.3 Å². The van der Waals surface area contributed by atoms with Crippen molar-refractivity contribution >= 4 is 34.4 Å². The summed E-state index contributed by atoms with van der Waals surface area (Å²) in [6.45, 7) is 2.04. The van der Waals surface area contributed by atoms with Gasteiger partial charge in [-0.2, -0.15) is 0 Å². The van der Waals surface area contributed by atoms with Crippen LogP contribution in [0.2, 0.25) is 0 Å². The van der Waals surface area contributed by atoms with Crippen molar-refractivity contribution in [1.29, 1.82) is 0 Å². The summed E-state index contributed by atoms with van der Waals surface area (Å²) in [6, 6.07) is 20.2. The molecule has 0 saturated carbocycles. The Labute approximate surface area is 171 Å². The summed E-state index contributed by atoms with van der Waals surface area (Å²) in [7, 11) is 0. The number of H-pyrrole nitrogens is 1. The lowest BCUT2D eigenvalue weighted by molar-refractivity contribution is -0.115. The van der Waals surface area contributed by atoms with Crippen LogP contribution < -0.4 is 4.90 Å². The Hall–Kier alpha value is -3.12. The molecule has 5 rings (SSSR count). The molecule has 6 heteroatoms. The minimum absolute atomic E-state index is 0.0312. The van der Waals surface area contributed by atoms with Gasteiger partial charge in [0.15, 0.2) is 0 Å². The van der Waals surface area contributed by atoms with Crippen molar-refractivity contribution in [3.05, 3.63) is 83.7 Å². The van der Waals surface area contributed by atoms with E-state index in [1.54, 1.807) is 28.8 Å². The minimum atomic E-state index is -0.285. The Morgan fingerprint density at radius 1 is 1.10 bits per heavy atom. The van der Waals surface area contributed by atoms with E-state index in [0.29, 0.717) is 5.75 Å². The molecule has 0 spiro atoms. The van der Waals surface area contributed by atoms with Gasteiger partial charge in [0.2, 0.25) is 5.91 Å². The van der Waals surface area contributed by atoms with Crippen molar-refractivity contribution in [2.24, 2.45) is 0 Å². The normalized spacial score (nSPS) is 16.7. The molecule has 1 amide bonds. The van der Waals surface area contributed by atoms with Gasteiger partial charge >= 0.3 is 0 Å². The maximum absolute atomic E-state index is 13.4. The van der Waals surface area contributed by atoms with Crippen LogP contribution in [0.15, 0.2) is 66.7 Å². The third kappa shape index (κ3) is 3.19. The number of carbonyl (C=O) groups is 1. The molecule has 1 saturated heterocycles. The lowest BCUT2D eigenvalue weighted by Crippen LogP contribution is -2.28. The van der Waals surface area contributed by atoms with Gasteiger partial charge in [0.25, 0.3) is 0 Å². The molecule has 1 aromatic heterocycles. The number of thioether (sulfide) groups is 1. The van der Waals surface area contributed by atoms with E-state index in [-0.39, 0.29) is 17.1 Å². The fourth-order valence-corrected chi connectivity index (χ4v) is 4.86. The van der Waals surface area contributed by atoms with Gasteiger partial charge in [0, 0.05) is 5.56 Å². The van der Waals surface area contributed by atoms with Gasteiger partial charge < -0.3 is 4.98 Å². The monoisotopic (exact) mass is 403 g/mol. The van der Waals surface area contributed by atoms with Crippen LogP contribution in [-0.4, -0.2) is 21.6 Å². The average Bonchev–Trinajstić information content (AvgIpc) is 3.31. The molecular weight excluding hydrogens is 385 g/mol. The van der Waals surface area contributed by atoms with E-state index < -0.39 is 0 Å². The van der Waals surface area contributed by atoms with E-state index in [1.165, 1.54) is 12.1 Å². The van der Waals surface area contributed by atoms with Gasteiger partial charge in [-0.1, -0.05) is 30.3 Å². The molecule has 1 aliphatic heterocycles. The van der Waals surface area contributed by atoms with E-state index >= 15 is 0 Å². The van der Waals surface area contributed by atoms with Crippen LogP contribution in [0.25, 0.3) is 22.4 Å². The number of aryl methyl sites for hydroxylation is 1. The van der Waals surface area contributed by atoms with Crippen molar-refractivity contribution in [3.63, 3.8) is 0 Å². The largest absolute Gasteiger partial charge is 0.338 e. The Morgan fingerprint density at radius 3 is 2.72 bits per heavy atom. The number of halogens is 1. The number of hydrogen-bond acceptors (Lipinski definition) is 3. The van der Waals surface area contributed by atoms with Crippen LogP contribution in [0.4, 0.5) is 10.1 Å². The fourth-order valence-electron chi connectivity index (χ4n) is 3.69. The number of aromatic nitrogens is 2. The Kier molecular flexibility index (Phi) is 4.36. The van der Waals surface area contributed by atoms with Crippen molar-refractivity contribution in [2.45, 2.75) is 12.3 Å². The quantitative estimate of drug-likeness (QED) is 0.494. The number of rotatable bonds is 3. The van der Waals surface area contributed by atoms with Crippen molar-refractivity contribution in [2.75, 3.05) is 10.7 Å². The summed E-state index contributed by atoms with van der Waals surface area (Å²) in [5.74, 6) is 0.857. The van der Waals surface area contributed by atoms with Crippen LogP contribution >= 0.6 is 11.8 Å². The molecule has 1 aliphatic rings. The first-order chi connectivity index (χ1) is 14.1. The maximum Gasteiger partial charge on any atom is 0.238 e. The molecule has 1 fully saturated rings. The van der Waals surface area contributed by atoms with Crippen LogP contribution in [0, 0.1) is 12.7 Å². The summed E-state index contributed by atoms with van der Waals surface area (Å²) in [4.78, 5) is 22.8. The third-order valence-corrected chi connectivity index (χ3v) is 6.29. The molecule has 0 radical (unpaired) electrons. The van der Waals surface area contributed by atoms with Crippen LogP contribution in [0.5, 0.6) is 0 Å². The molecular formula is C23H18FN3OS. The van der Waals surface area contributed by atoms with Gasteiger partial charge in [-0.25, -0.2) is 9.37 Å². The zero-order chi connectivity index (χ0) is 20.0. The van der Waals surface area contributed by atoms with E-state index in [2.05, 4.69) is 11.1 Å². The maximum atomic E-state index is 13.4. The summed E-state index contributed by atoms with van der Waals surface area (Å²) < 4.78 is 13.4. The predicted octanol–water partition coefficient (Wildman–Crippen LogP) is 5.46. The SMILES string of the molecule is Cc1ccc2nc(-c3ccccc3N3C(=O)CSC3c3ccc(F)cc3)[nH]c2c1. The predicted molar refractivity (Wildman–Crippen MR) is 115 cm³/mol. The molecule has 4 nitrogen and oxygen atoms in total. The minimum Gasteiger partial charge on any atom is -0.338 e. The van der Waals surface area contributed by atoms with Gasteiger partial charge in [-0.05, 0) is 54.4 Å². The number of para-hydroxylation sites is 1. The zero-order valence-electron chi connectivity index (χ0n) is 15.7. The highest BCUT2D eigenvalue weighted by Crippen LogP contribution is 2.44. The Balaban J connectivity index is 1.61. The number of benzene rings is 3. The Morgan fingerprint density at radius 2 is 1.90 bits per heavy atom. The van der Waals surface area contributed by atoms with E-state index in [4.69, 9.17) is 4.98 Å². The molecule has 1 N–H and O–H groups in total. The molecule has 2 heterocycles. The second kappa shape index (κ2) is 7.04. The lowest BCUT2D eigenvalue weighted by atomic mass is 10.1. The fraction of sp³-hybridized carbons (Fsp3) is 0.130. The van der Waals surface area contributed by atoms with Crippen LogP contribution in [0.1, 0.15) is 16.5 Å². The Bertz CT molecular complexity index is 1220. The highest BCUT2D eigenvalue weighted by atomic mass is 32.2. The number of fused-ring (bicyclic) bond motifs is 1. The van der Waals surface area contributed by atoms with Gasteiger partial charge in [0.05, 0.1) is 22.5 Å². The first kappa shape index (κ1) is 17.9. The first-order valence-electron chi connectivity index (χ1n) is 9.35. The van der Waals surface area contributed by atoms with E-state index in [0.717, 1.165) is 39.2 Å². The molecule has 29 heavy (non-hydrogen) atoms. The number of carbonyl (C=O) groups excluding carboxylic acids is 1. The highest BCUT2D eigenvalue weighted by molar-refractivity contribution is 8.00. The molecule has 1 atom stereocenters. The van der Waals surface area contributed by atoms with Crippen LogP contribution in [0.3, 0.4) is 0 Å². The number of imidazole rings is 1. The number of amides is 1. The molecule has 4 aromatic rings. The number of anilines is 1. The number of nitrogens with zero attached hydrogens (tertiary/aromatic N) is 2. The molecule has 144 valence electrons. The van der Waals surface area contributed by atoms with Crippen molar-refractivity contribution in [1.82, 2.24) is 9.97 Å². The van der Waals surface area contributed by atoms with E-state index in [9.17, 15) is 9.18 Å². The number of nitrogens with one attached hydrogen (secondary N) is 1. The number of hydrogen-bond donors (Lipinski definition) is 1. The summed E-state index contributed by atoms with van der Waals surface area (Å²) in [5.41, 5.74) is 5.57. The lowest BCUT2D eigenvalue weighted by Gasteiger charge is -2.26. The standard InChI is InChI=1S/C23H18FN3OS/c1-14-6-11-18-19(12-14)26-22(25-18)17-4-2-3-5-20(17)27-21(28)13-29-23(27)15-7-9-16(24)10-8-15/h2-12,23H,13H2,1H3,(H,25,26). The summed E-state index contributed by atoms with van der Waals surface area (Å²) in [6.07, 6.45) is 0. The van der Waals surface area contributed by atoms with Crippen molar-refractivity contribution < 1.29 is 9.18 Å². The highest BCUT2D eigenvalue weighted by Gasteiger charge is 2.35. The van der Waals surface area contributed by atoms with Gasteiger partial charge in [0.1, 0.15) is 17.0 Å². The smallest absolute Gasteiger partial charge is 0.238 e.